The molecule has 23 heavy (non-hydrogen) atoms. The number of ether oxygens (including phenoxy) is 1. The van der Waals surface area contributed by atoms with Crippen LogP contribution < -0.4 is 14.4 Å². The van der Waals surface area contributed by atoms with Crippen molar-refractivity contribution in [2.24, 2.45) is 0 Å². The quantitative estimate of drug-likeness (QED) is 0.639. The Bertz CT molecular complexity index is 539. The third kappa shape index (κ3) is 6.89. The molecular weight excluding hydrogens is 312 g/mol. The highest BCUT2D eigenvalue weighted by Crippen LogP contribution is 2.16. The monoisotopic (exact) mass is 343 g/mol. The maximum absolute atomic E-state index is 12.4. The first-order valence-corrected chi connectivity index (χ1v) is 10.00. The van der Waals surface area contributed by atoms with Crippen molar-refractivity contribution in [3.8, 4) is 5.75 Å². The normalized spacial score (nSPS) is 13.3. The molecule has 0 aliphatic rings. The van der Waals surface area contributed by atoms with E-state index in [1.807, 2.05) is 13.8 Å². The van der Waals surface area contributed by atoms with E-state index in [9.17, 15) is 8.42 Å². The molecule has 1 aromatic rings. The van der Waals surface area contributed by atoms with Crippen LogP contribution in [-0.2, 0) is 10.0 Å². The van der Waals surface area contributed by atoms with E-state index in [4.69, 9.17) is 4.74 Å². The smallest absolute Gasteiger partial charge is 0.240 e. The van der Waals surface area contributed by atoms with Crippen molar-refractivity contribution in [1.29, 1.82) is 0 Å². The van der Waals surface area contributed by atoms with Gasteiger partial charge in [-0.15, -0.1) is 0 Å². The van der Waals surface area contributed by atoms with Crippen molar-refractivity contribution in [2.45, 2.75) is 51.5 Å². The lowest BCUT2D eigenvalue weighted by molar-refractivity contribution is -0.896. The molecular formula is C17H31N2O3S+. The highest BCUT2D eigenvalue weighted by molar-refractivity contribution is 7.89. The Balaban J connectivity index is 2.53. The molecule has 0 heterocycles. The zero-order valence-corrected chi connectivity index (χ0v) is 15.6. The number of sulfonamides is 1. The minimum absolute atomic E-state index is 0.0680. The fourth-order valence-corrected chi connectivity index (χ4v) is 3.81. The van der Waals surface area contributed by atoms with Crippen molar-refractivity contribution < 1.29 is 18.1 Å². The number of hydrogen-bond acceptors (Lipinski definition) is 3. The summed E-state index contributed by atoms with van der Waals surface area (Å²) >= 11 is 0. The second kappa shape index (κ2) is 9.90. The topological polar surface area (TPSA) is 59.8 Å². The molecule has 0 fully saturated rings. The predicted octanol–water partition coefficient (Wildman–Crippen LogP) is 1.46. The maximum Gasteiger partial charge on any atom is 0.240 e. The number of quaternary nitrogens is 1. The lowest BCUT2D eigenvalue weighted by Gasteiger charge is -2.18. The van der Waals surface area contributed by atoms with Crippen LogP contribution in [0.5, 0.6) is 5.75 Å². The van der Waals surface area contributed by atoms with E-state index in [2.05, 4.69) is 18.6 Å². The van der Waals surface area contributed by atoms with E-state index >= 15 is 0 Å². The molecule has 132 valence electrons. The van der Waals surface area contributed by atoms with Crippen molar-refractivity contribution in [3.63, 3.8) is 0 Å². The van der Waals surface area contributed by atoms with E-state index in [1.54, 1.807) is 29.2 Å². The van der Waals surface area contributed by atoms with E-state index in [0.29, 0.717) is 12.4 Å². The van der Waals surface area contributed by atoms with Crippen molar-refractivity contribution >= 4 is 10.0 Å². The van der Waals surface area contributed by atoms with Gasteiger partial charge in [0.1, 0.15) is 5.75 Å². The average molecular weight is 344 g/mol. The Morgan fingerprint density at radius 3 is 2.26 bits per heavy atom. The third-order valence-corrected chi connectivity index (χ3v) is 5.57. The van der Waals surface area contributed by atoms with Crippen LogP contribution in [0.1, 0.15) is 40.5 Å². The van der Waals surface area contributed by atoms with Crippen molar-refractivity contribution in [3.05, 3.63) is 24.3 Å². The molecule has 1 atom stereocenters. The Morgan fingerprint density at radius 1 is 1.13 bits per heavy atom. The van der Waals surface area contributed by atoms with E-state index in [1.165, 1.54) is 0 Å². The highest BCUT2D eigenvalue weighted by atomic mass is 32.2. The zero-order valence-electron chi connectivity index (χ0n) is 14.8. The molecule has 5 nitrogen and oxygen atoms in total. The maximum atomic E-state index is 12.4. The molecule has 0 amide bonds. The fourth-order valence-electron chi connectivity index (χ4n) is 2.54. The minimum Gasteiger partial charge on any atom is -0.494 e. The van der Waals surface area contributed by atoms with Gasteiger partial charge in [-0.2, -0.15) is 0 Å². The van der Waals surface area contributed by atoms with Crippen LogP contribution in [0.3, 0.4) is 0 Å². The van der Waals surface area contributed by atoms with Gasteiger partial charge in [-0.3, -0.25) is 0 Å². The van der Waals surface area contributed by atoms with Gasteiger partial charge in [0.15, 0.2) is 0 Å². The summed E-state index contributed by atoms with van der Waals surface area (Å²) in [4.78, 5) is 1.83. The summed E-state index contributed by atoms with van der Waals surface area (Å²) in [7, 11) is -3.47. The molecule has 2 N–H and O–H groups in total. The molecule has 0 aromatic heterocycles. The largest absolute Gasteiger partial charge is 0.494 e. The van der Waals surface area contributed by atoms with Gasteiger partial charge in [-0.05, 0) is 64.8 Å². The van der Waals surface area contributed by atoms with Crippen LogP contribution in [0.25, 0.3) is 0 Å². The van der Waals surface area contributed by atoms with E-state index in [-0.39, 0.29) is 10.9 Å². The Hall–Kier alpha value is -1.11. The molecule has 6 heteroatoms. The zero-order chi connectivity index (χ0) is 17.3. The summed E-state index contributed by atoms with van der Waals surface area (Å²) in [6.45, 7) is 12.1. The van der Waals surface area contributed by atoms with E-state index < -0.39 is 10.0 Å². The van der Waals surface area contributed by atoms with Crippen molar-refractivity contribution in [2.75, 3.05) is 26.2 Å². The highest BCUT2D eigenvalue weighted by Gasteiger charge is 2.17. The molecule has 0 bridgehead atoms. The lowest BCUT2D eigenvalue weighted by atomic mass is 10.2. The molecule has 0 saturated carbocycles. The fraction of sp³-hybridized carbons (Fsp3) is 0.647. The van der Waals surface area contributed by atoms with Gasteiger partial charge in [0, 0.05) is 6.04 Å². The molecule has 0 aliphatic carbocycles. The number of nitrogens with one attached hydrogen (secondary N) is 2. The summed E-state index contributed by atoms with van der Waals surface area (Å²) in [6, 6.07) is 6.47. The van der Waals surface area contributed by atoms with Gasteiger partial charge in [-0.25, -0.2) is 13.1 Å². The molecule has 0 radical (unpaired) electrons. The molecule has 0 spiro atoms. The van der Waals surface area contributed by atoms with Gasteiger partial charge >= 0.3 is 0 Å². The third-order valence-electron chi connectivity index (χ3n) is 3.97. The average Bonchev–Trinajstić information content (AvgIpc) is 2.52. The first-order valence-electron chi connectivity index (χ1n) is 8.51. The van der Waals surface area contributed by atoms with E-state index in [0.717, 1.165) is 32.5 Å². The van der Waals surface area contributed by atoms with Gasteiger partial charge < -0.3 is 9.64 Å². The van der Waals surface area contributed by atoms with Crippen LogP contribution in [0.4, 0.5) is 0 Å². The Labute approximate surface area is 141 Å². The first-order chi connectivity index (χ1) is 10.9. The van der Waals surface area contributed by atoms with Crippen LogP contribution in [-0.4, -0.2) is 40.7 Å². The number of hydrogen-bond donors (Lipinski definition) is 2. The summed E-state index contributed by atoms with van der Waals surface area (Å²) in [5.74, 6) is 0.682. The standard InChI is InChI=1S/C17H30N2O3S/c1-5-19(6-2)14-8-9-15(4)18-23(20,21)17-12-10-16(11-13-17)22-7-3/h10-13,15,18H,5-9,14H2,1-4H3/p+1/t15-/m0/s1. The van der Waals surface area contributed by atoms with Gasteiger partial charge in [0.2, 0.25) is 10.0 Å². The Morgan fingerprint density at radius 2 is 1.74 bits per heavy atom. The van der Waals surface area contributed by atoms with Crippen molar-refractivity contribution in [1.82, 2.24) is 4.72 Å². The summed E-state index contributed by atoms with van der Waals surface area (Å²) in [5.41, 5.74) is 0. The molecule has 1 rings (SSSR count). The Kier molecular flexibility index (Phi) is 8.58. The van der Waals surface area contributed by atoms with Gasteiger partial charge in [0.05, 0.1) is 31.1 Å². The first kappa shape index (κ1) is 19.9. The molecule has 0 unspecified atom stereocenters. The minimum atomic E-state index is -3.47. The van der Waals surface area contributed by atoms with Crippen LogP contribution >= 0.6 is 0 Å². The molecule has 1 aromatic carbocycles. The van der Waals surface area contributed by atoms with Gasteiger partial charge in [0.25, 0.3) is 0 Å². The van der Waals surface area contributed by atoms with Crippen LogP contribution in [0.2, 0.25) is 0 Å². The second-order valence-electron chi connectivity index (χ2n) is 5.78. The number of rotatable bonds is 11. The SMILES string of the molecule is CCOc1ccc(S(=O)(=O)N[C@@H](C)CCC[NH+](CC)CC)cc1. The summed E-state index contributed by atoms with van der Waals surface area (Å²) in [5, 5.41) is 0. The molecule has 0 aliphatic heterocycles. The lowest BCUT2D eigenvalue weighted by Crippen LogP contribution is -3.11. The predicted molar refractivity (Wildman–Crippen MR) is 93.5 cm³/mol. The molecule has 0 saturated heterocycles. The summed E-state index contributed by atoms with van der Waals surface area (Å²) in [6.07, 6.45) is 1.86. The second-order valence-corrected chi connectivity index (χ2v) is 7.49. The number of benzene rings is 1. The summed E-state index contributed by atoms with van der Waals surface area (Å²) < 4.78 is 32.8. The van der Waals surface area contributed by atoms with Crippen LogP contribution in [0.15, 0.2) is 29.2 Å². The van der Waals surface area contributed by atoms with Crippen LogP contribution in [0, 0.1) is 0 Å². The van der Waals surface area contributed by atoms with Gasteiger partial charge in [-0.1, -0.05) is 0 Å².